The predicted octanol–water partition coefficient (Wildman–Crippen LogP) is 4.62. The van der Waals surface area contributed by atoms with E-state index in [9.17, 15) is 4.39 Å². The van der Waals surface area contributed by atoms with E-state index < -0.39 is 6.17 Å². The maximum absolute atomic E-state index is 13.4. The molecule has 162 valence electrons. The van der Waals surface area contributed by atoms with Crippen LogP contribution in [-0.2, 0) is 16.6 Å². The van der Waals surface area contributed by atoms with Crippen LogP contribution in [0.3, 0.4) is 0 Å². The molecule has 0 radical (unpaired) electrons. The minimum atomic E-state index is -0.691. The molecule has 2 aromatic heterocycles. The first-order chi connectivity index (χ1) is 14.6. The minimum Gasteiger partial charge on any atom is -0.375 e. The van der Waals surface area contributed by atoms with E-state index >= 15 is 0 Å². The first kappa shape index (κ1) is 20.4. The number of nitrogens with zero attached hydrogens (tertiary/aromatic N) is 2. The number of nitrogens with two attached hydrogens (primary N) is 1. The average molecular weight is 430 g/mol. The Balaban J connectivity index is 1.36. The molecule has 1 aliphatic carbocycles. The first-order valence-corrected chi connectivity index (χ1v) is 12.2. The Kier molecular flexibility index (Phi) is 5.58. The first-order valence-electron chi connectivity index (χ1n) is 11.3. The van der Waals surface area contributed by atoms with Crippen molar-refractivity contribution in [1.29, 1.82) is 0 Å². The SMILES string of the molecule is NC(Cc1sccc1N1CC(F)C1)CC1(c2ccccn2)CCOC2(CCCC2)C1. The third-order valence-corrected chi connectivity index (χ3v) is 8.31. The molecule has 2 atom stereocenters. The van der Waals surface area contributed by atoms with Crippen molar-refractivity contribution in [3.05, 3.63) is 46.4 Å². The number of hydrogen-bond acceptors (Lipinski definition) is 5. The van der Waals surface area contributed by atoms with Crippen molar-refractivity contribution in [2.45, 2.75) is 74.6 Å². The molecule has 2 saturated heterocycles. The fourth-order valence-corrected chi connectivity index (χ4v) is 6.92. The van der Waals surface area contributed by atoms with Crippen molar-refractivity contribution in [3.63, 3.8) is 0 Å². The molecule has 2 N–H and O–H groups in total. The van der Waals surface area contributed by atoms with Gasteiger partial charge in [0.15, 0.2) is 0 Å². The lowest BCUT2D eigenvalue weighted by molar-refractivity contribution is -0.105. The lowest BCUT2D eigenvalue weighted by Crippen LogP contribution is -2.49. The zero-order valence-corrected chi connectivity index (χ0v) is 18.4. The number of ether oxygens (including phenoxy) is 1. The Bertz CT molecular complexity index is 847. The van der Waals surface area contributed by atoms with Crippen molar-refractivity contribution in [1.82, 2.24) is 4.98 Å². The van der Waals surface area contributed by atoms with Gasteiger partial charge in [0.1, 0.15) is 6.17 Å². The summed E-state index contributed by atoms with van der Waals surface area (Å²) in [6, 6.07) is 8.43. The summed E-state index contributed by atoms with van der Waals surface area (Å²) in [5.74, 6) is 0. The molecular weight excluding hydrogens is 397 g/mol. The molecule has 2 aromatic rings. The van der Waals surface area contributed by atoms with Crippen LogP contribution in [0.25, 0.3) is 0 Å². The van der Waals surface area contributed by atoms with E-state index in [1.165, 1.54) is 29.1 Å². The van der Waals surface area contributed by atoms with Gasteiger partial charge in [0.25, 0.3) is 0 Å². The van der Waals surface area contributed by atoms with E-state index in [-0.39, 0.29) is 17.1 Å². The van der Waals surface area contributed by atoms with Crippen LogP contribution in [0, 0.1) is 0 Å². The van der Waals surface area contributed by atoms with Gasteiger partial charge in [-0.1, -0.05) is 18.9 Å². The molecule has 4 nitrogen and oxygen atoms in total. The molecule has 1 spiro atoms. The smallest absolute Gasteiger partial charge is 0.135 e. The lowest BCUT2D eigenvalue weighted by Gasteiger charge is -2.47. The van der Waals surface area contributed by atoms with Gasteiger partial charge >= 0.3 is 0 Å². The van der Waals surface area contributed by atoms with Gasteiger partial charge in [-0.25, -0.2) is 4.39 Å². The van der Waals surface area contributed by atoms with Crippen LogP contribution in [0.15, 0.2) is 35.8 Å². The van der Waals surface area contributed by atoms with Crippen molar-refractivity contribution >= 4 is 17.0 Å². The second-order valence-corrected chi connectivity index (χ2v) is 10.6. The number of aromatic nitrogens is 1. The molecule has 0 amide bonds. The van der Waals surface area contributed by atoms with E-state index in [2.05, 4.69) is 28.5 Å². The summed E-state index contributed by atoms with van der Waals surface area (Å²) in [5, 5.41) is 2.11. The number of rotatable bonds is 6. The highest BCUT2D eigenvalue weighted by molar-refractivity contribution is 7.10. The van der Waals surface area contributed by atoms with E-state index in [1.807, 2.05) is 12.3 Å². The molecule has 4 heterocycles. The summed E-state index contributed by atoms with van der Waals surface area (Å²) in [6.07, 6.45) is 9.81. The van der Waals surface area contributed by atoms with Crippen LogP contribution < -0.4 is 10.6 Å². The molecule has 30 heavy (non-hydrogen) atoms. The molecule has 2 unspecified atom stereocenters. The van der Waals surface area contributed by atoms with Gasteiger partial charge in [-0.05, 0) is 62.1 Å². The Morgan fingerprint density at radius 1 is 1.23 bits per heavy atom. The van der Waals surface area contributed by atoms with Gasteiger partial charge in [0.05, 0.1) is 24.4 Å². The van der Waals surface area contributed by atoms with Crippen LogP contribution in [-0.4, -0.2) is 42.5 Å². The third-order valence-electron chi connectivity index (χ3n) is 7.37. The topological polar surface area (TPSA) is 51.4 Å². The van der Waals surface area contributed by atoms with Crippen LogP contribution in [0.2, 0.25) is 0 Å². The highest BCUT2D eigenvalue weighted by atomic mass is 32.1. The molecule has 1 saturated carbocycles. The van der Waals surface area contributed by atoms with Crippen LogP contribution in [0.4, 0.5) is 10.1 Å². The summed E-state index contributed by atoms with van der Waals surface area (Å²) in [4.78, 5) is 8.22. The quantitative estimate of drug-likeness (QED) is 0.728. The summed E-state index contributed by atoms with van der Waals surface area (Å²) in [7, 11) is 0. The molecule has 6 heteroatoms. The molecule has 2 aliphatic heterocycles. The summed E-state index contributed by atoms with van der Waals surface area (Å²) in [5.41, 5.74) is 9.14. The molecule has 0 aromatic carbocycles. The molecule has 0 bridgehead atoms. The van der Waals surface area contributed by atoms with Gasteiger partial charge in [0.2, 0.25) is 0 Å². The van der Waals surface area contributed by atoms with Crippen molar-refractivity contribution in [2.24, 2.45) is 5.73 Å². The standard InChI is InChI=1S/C24H32FN3OS/c25-18-15-28(16-18)20-6-12-30-21(20)13-19(26)14-23(22-5-1-4-10-27-22)9-11-29-24(17-23)7-2-3-8-24/h1,4-6,10,12,18-19H,2-3,7-9,11,13-17,26H2. The van der Waals surface area contributed by atoms with Crippen molar-refractivity contribution < 1.29 is 9.13 Å². The predicted molar refractivity (Wildman–Crippen MR) is 120 cm³/mol. The lowest BCUT2D eigenvalue weighted by atomic mass is 9.66. The maximum atomic E-state index is 13.4. The molecule has 3 aliphatic rings. The van der Waals surface area contributed by atoms with Gasteiger partial charge < -0.3 is 15.4 Å². The fourth-order valence-electron chi connectivity index (χ4n) is 5.94. The van der Waals surface area contributed by atoms with Crippen LogP contribution in [0.1, 0.15) is 55.5 Å². The number of halogens is 1. The van der Waals surface area contributed by atoms with Gasteiger partial charge in [-0.15, -0.1) is 11.3 Å². The van der Waals surface area contributed by atoms with Gasteiger partial charge in [-0.3, -0.25) is 4.98 Å². The van der Waals surface area contributed by atoms with E-state index in [0.717, 1.165) is 45.1 Å². The third kappa shape index (κ3) is 3.90. The van der Waals surface area contributed by atoms with Crippen LogP contribution in [0.5, 0.6) is 0 Å². The Hall–Kier alpha value is -1.50. The maximum Gasteiger partial charge on any atom is 0.135 e. The summed E-state index contributed by atoms with van der Waals surface area (Å²) >= 11 is 1.75. The molecule has 5 rings (SSSR count). The van der Waals surface area contributed by atoms with Crippen LogP contribution >= 0.6 is 11.3 Å². The molecular formula is C24H32FN3OS. The Morgan fingerprint density at radius 3 is 2.80 bits per heavy atom. The van der Waals surface area contributed by atoms with Gasteiger partial charge in [-0.2, -0.15) is 0 Å². The Labute approximate surface area is 182 Å². The highest BCUT2D eigenvalue weighted by Gasteiger charge is 2.49. The zero-order chi connectivity index (χ0) is 20.6. The number of anilines is 1. The summed E-state index contributed by atoms with van der Waals surface area (Å²) in [6.45, 7) is 1.81. The van der Waals surface area contributed by atoms with Gasteiger partial charge in [0, 0.05) is 34.8 Å². The second kappa shape index (κ2) is 8.21. The Morgan fingerprint density at radius 2 is 2.07 bits per heavy atom. The number of pyridine rings is 1. The number of thiophene rings is 1. The minimum absolute atomic E-state index is 0.0113. The number of alkyl halides is 1. The number of hydrogen-bond donors (Lipinski definition) is 1. The average Bonchev–Trinajstić information content (AvgIpc) is 3.36. The second-order valence-electron chi connectivity index (χ2n) is 9.56. The summed E-state index contributed by atoms with van der Waals surface area (Å²) < 4.78 is 19.7. The highest BCUT2D eigenvalue weighted by Crippen LogP contribution is 2.50. The monoisotopic (exact) mass is 429 g/mol. The van der Waals surface area contributed by atoms with E-state index in [0.29, 0.717) is 13.1 Å². The largest absolute Gasteiger partial charge is 0.375 e. The normalized spacial score (nSPS) is 27.3. The van der Waals surface area contributed by atoms with E-state index in [4.69, 9.17) is 15.5 Å². The van der Waals surface area contributed by atoms with E-state index in [1.54, 1.807) is 11.3 Å². The van der Waals surface area contributed by atoms with Crippen molar-refractivity contribution in [3.8, 4) is 0 Å². The van der Waals surface area contributed by atoms with Crippen molar-refractivity contribution in [2.75, 3.05) is 24.6 Å². The molecule has 3 fully saturated rings. The fraction of sp³-hybridized carbons (Fsp3) is 0.625. The zero-order valence-electron chi connectivity index (χ0n) is 17.6.